The molecule has 16 heavy (non-hydrogen) atoms. The first kappa shape index (κ1) is 9.84. The summed E-state index contributed by atoms with van der Waals surface area (Å²) in [5.41, 5.74) is 1.08. The Kier molecular flexibility index (Phi) is 1.89. The van der Waals surface area contributed by atoms with Crippen LogP contribution in [0.5, 0.6) is 0 Å². The van der Waals surface area contributed by atoms with Crippen molar-refractivity contribution in [3.05, 3.63) is 17.0 Å². The van der Waals surface area contributed by atoms with Crippen LogP contribution in [0.4, 0.5) is 5.82 Å². The highest BCUT2D eigenvalue weighted by molar-refractivity contribution is 6.30. The number of nitrogens with zero attached hydrogens (tertiary/aromatic N) is 4. The first-order valence-electron chi connectivity index (χ1n) is 5.23. The molecule has 0 saturated heterocycles. The van der Waals surface area contributed by atoms with Crippen molar-refractivity contribution >= 4 is 23.2 Å². The molecule has 1 fully saturated rings. The van der Waals surface area contributed by atoms with Gasteiger partial charge in [0.25, 0.3) is 5.78 Å². The van der Waals surface area contributed by atoms with Gasteiger partial charge in [-0.15, -0.1) is 0 Å². The molecule has 0 unspecified atom stereocenters. The molecule has 84 valence electrons. The van der Waals surface area contributed by atoms with E-state index in [1.807, 2.05) is 6.92 Å². The maximum atomic E-state index is 6.07. The van der Waals surface area contributed by atoms with E-state index < -0.39 is 0 Å². The quantitative estimate of drug-likeness (QED) is 0.813. The summed E-state index contributed by atoms with van der Waals surface area (Å²) < 4.78 is 1.70. The number of fused-ring (bicyclic) bond motifs is 1. The second-order valence-corrected chi connectivity index (χ2v) is 4.89. The van der Waals surface area contributed by atoms with Gasteiger partial charge in [0.05, 0.1) is 0 Å². The fourth-order valence-corrected chi connectivity index (χ4v) is 1.81. The van der Waals surface area contributed by atoms with Gasteiger partial charge in [0.1, 0.15) is 17.3 Å². The van der Waals surface area contributed by atoms with E-state index in [0.717, 1.165) is 11.4 Å². The average Bonchev–Trinajstić information content (AvgIpc) is 2.77. The van der Waals surface area contributed by atoms with Gasteiger partial charge in [-0.25, -0.2) is 0 Å². The molecule has 2 aromatic heterocycles. The highest BCUT2D eigenvalue weighted by atomic mass is 35.5. The van der Waals surface area contributed by atoms with E-state index >= 15 is 0 Å². The first-order valence-corrected chi connectivity index (χ1v) is 5.61. The maximum absolute atomic E-state index is 6.07. The minimum absolute atomic E-state index is 0.175. The molecule has 0 amide bonds. The van der Waals surface area contributed by atoms with E-state index in [1.165, 1.54) is 19.2 Å². The van der Waals surface area contributed by atoms with Crippen LogP contribution in [0.25, 0.3) is 5.78 Å². The Morgan fingerprint density at radius 3 is 2.94 bits per heavy atom. The van der Waals surface area contributed by atoms with Crippen molar-refractivity contribution in [2.45, 2.75) is 32.2 Å². The summed E-state index contributed by atoms with van der Waals surface area (Å²) in [7, 11) is 0. The Morgan fingerprint density at radius 2 is 2.25 bits per heavy atom. The third-order valence-electron chi connectivity index (χ3n) is 3.02. The molecule has 0 atom stereocenters. The zero-order valence-corrected chi connectivity index (χ0v) is 9.91. The summed E-state index contributed by atoms with van der Waals surface area (Å²) in [6, 6.07) is 0. The molecule has 1 aliphatic carbocycles. The molecule has 0 radical (unpaired) electrons. The molecule has 1 N–H and O–H groups in total. The Bertz CT molecular complexity index is 558. The molecule has 0 aromatic carbocycles. The molecular formula is C10H12ClN5. The minimum Gasteiger partial charge on any atom is -0.364 e. The van der Waals surface area contributed by atoms with Crippen molar-refractivity contribution in [1.29, 1.82) is 0 Å². The fourth-order valence-electron chi connectivity index (χ4n) is 1.64. The third-order valence-corrected chi connectivity index (χ3v) is 3.39. The average molecular weight is 238 g/mol. The standard InChI is InChI=1S/C10H12ClN5/c1-6-7(11)14-9-12-5-13-16(9)8(6)15-10(2)3-4-10/h5,15H,3-4H2,1-2H3. The zero-order valence-electron chi connectivity index (χ0n) is 9.16. The van der Waals surface area contributed by atoms with Crippen LogP contribution >= 0.6 is 11.6 Å². The van der Waals surface area contributed by atoms with Crippen molar-refractivity contribution in [1.82, 2.24) is 19.6 Å². The van der Waals surface area contributed by atoms with E-state index in [2.05, 4.69) is 27.3 Å². The molecule has 6 heteroatoms. The molecule has 0 aliphatic heterocycles. The largest absolute Gasteiger partial charge is 0.364 e. The lowest BCUT2D eigenvalue weighted by atomic mass is 10.3. The number of nitrogens with one attached hydrogen (secondary N) is 1. The topological polar surface area (TPSA) is 55.1 Å². The summed E-state index contributed by atoms with van der Waals surface area (Å²) in [5, 5.41) is 8.10. The Labute approximate surface area is 97.8 Å². The predicted octanol–water partition coefficient (Wildman–Crippen LogP) is 2.05. The zero-order chi connectivity index (χ0) is 11.3. The Balaban J connectivity index is 2.19. The monoisotopic (exact) mass is 237 g/mol. The number of halogens is 1. The molecule has 0 spiro atoms. The molecule has 5 nitrogen and oxygen atoms in total. The highest BCUT2D eigenvalue weighted by Crippen LogP contribution is 2.39. The number of anilines is 1. The van der Waals surface area contributed by atoms with Crippen molar-refractivity contribution in [3.63, 3.8) is 0 Å². The molecule has 3 rings (SSSR count). The normalized spacial score (nSPS) is 17.7. The number of hydrogen-bond acceptors (Lipinski definition) is 4. The number of hydrogen-bond donors (Lipinski definition) is 1. The van der Waals surface area contributed by atoms with Crippen molar-refractivity contribution < 1.29 is 0 Å². The van der Waals surface area contributed by atoms with Crippen molar-refractivity contribution in [2.75, 3.05) is 5.32 Å². The van der Waals surface area contributed by atoms with Crippen LogP contribution < -0.4 is 5.32 Å². The molecule has 0 bridgehead atoms. The van der Waals surface area contributed by atoms with Gasteiger partial charge in [-0.3, -0.25) is 0 Å². The van der Waals surface area contributed by atoms with Gasteiger partial charge in [0.2, 0.25) is 0 Å². The second-order valence-electron chi connectivity index (χ2n) is 4.53. The molecule has 1 aliphatic rings. The van der Waals surface area contributed by atoms with Crippen LogP contribution in [0.3, 0.4) is 0 Å². The fraction of sp³-hybridized carbons (Fsp3) is 0.500. The van der Waals surface area contributed by atoms with Gasteiger partial charge in [0.15, 0.2) is 0 Å². The summed E-state index contributed by atoms with van der Waals surface area (Å²) in [6.07, 6.45) is 3.82. The van der Waals surface area contributed by atoms with E-state index in [4.69, 9.17) is 11.6 Å². The summed E-state index contributed by atoms with van der Waals surface area (Å²) in [4.78, 5) is 8.21. The lowest BCUT2D eigenvalue weighted by Crippen LogP contribution is -2.20. The number of rotatable bonds is 2. The Hall–Kier alpha value is -1.36. The lowest BCUT2D eigenvalue weighted by Gasteiger charge is -2.16. The first-order chi connectivity index (χ1) is 7.59. The van der Waals surface area contributed by atoms with Crippen molar-refractivity contribution in [2.24, 2.45) is 0 Å². The van der Waals surface area contributed by atoms with Crippen LogP contribution in [0.2, 0.25) is 5.15 Å². The Morgan fingerprint density at radius 1 is 1.50 bits per heavy atom. The van der Waals surface area contributed by atoms with Gasteiger partial charge >= 0.3 is 0 Å². The summed E-state index contributed by atoms with van der Waals surface area (Å²) >= 11 is 6.07. The second kappa shape index (κ2) is 3.07. The molecular weight excluding hydrogens is 226 g/mol. The van der Waals surface area contributed by atoms with Crippen LogP contribution in [0.1, 0.15) is 25.3 Å². The van der Waals surface area contributed by atoms with Gasteiger partial charge in [-0.2, -0.15) is 19.6 Å². The van der Waals surface area contributed by atoms with E-state index in [0.29, 0.717) is 10.9 Å². The minimum atomic E-state index is 0.175. The van der Waals surface area contributed by atoms with E-state index in [1.54, 1.807) is 4.52 Å². The van der Waals surface area contributed by atoms with E-state index in [-0.39, 0.29) is 5.54 Å². The molecule has 2 aromatic rings. The van der Waals surface area contributed by atoms with Crippen molar-refractivity contribution in [3.8, 4) is 0 Å². The predicted molar refractivity (Wildman–Crippen MR) is 61.8 cm³/mol. The molecule has 2 heterocycles. The van der Waals surface area contributed by atoms with Gasteiger partial charge in [0, 0.05) is 11.1 Å². The maximum Gasteiger partial charge on any atom is 0.255 e. The summed E-state index contributed by atoms with van der Waals surface area (Å²) in [5.74, 6) is 1.43. The van der Waals surface area contributed by atoms with Crippen LogP contribution in [0.15, 0.2) is 6.33 Å². The van der Waals surface area contributed by atoms with Gasteiger partial charge in [-0.1, -0.05) is 11.6 Å². The smallest absolute Gasteiger partial charge is 0.255 e. The SMILES string of the molecule is Cc1c(Cl)nc2ncnn2c1NC1(C)CC1. The van der Waals surface area contributed by atoms with Crippen LogP contribution in [0, 0.1) is 6.92 Å². The lowest BCUT2D eigenvalue weighted by molar-refractivity contribution is 0.795. The summed E-state index contributed by atoms with van der Waals surface area (Å²) in [6.45, 7) is 4.12. The van der Waals surface area contributed by atoms with Gasteiger partial charge < -0.3 is 5.32 Å². The highest BCUT2D eigenvalue weighted by Gasteiger charge is 2.38. The number of aromatic nitrogens is 4. The van der Waals surface area contributed by atoms with Crippen LogP contribution in [-0.4, -0.2) is 25.1 Å². The van der Waals surface area contributed by atoms with E-state index in [9.17, 15) is 0 Å². The molecule has 1 saturated carbocycles. The third kappa shape index (κ3) is 1.43. The van der Waals surface area contributed by atoms with Gasteiger partial charge in [-0.05, 0) is 26.7 Å². The van der Waals surface area contributed by atoms with Crippen LogP contribution in [-0.2, 0) is 0 Å².